The van der Waals surface area contributed by atoms with Crippen molar-refractivity contribution in [2.75, 3.05) is 25.1 Å². The summed E-state index contributed by atoms with van der Waals surface area (Å²) in [5.41, 5.74) is 0. The van der Waals surface area contributed by atoms with Crippen molar-refractivity contribution in [3.63, 3.8) is 0 Å². The number of rotatable bonds is 7. The highest BCUT2D eigenvalue weighted by Gasteiger charge is 2.12. The maximum atomic E-state index is 11.6. The van der Waals surface area contributed by atoms with Crippen molar-refractivity contribution in [1.29, 1.82) is 0 Å². The number of nitrogens with zero attached hydrogens (tertiary/aromatic N) is 1. The Kier molecular flexibility index (Phi) is 7.88. The minimum Gasteiger partial charge on any atom is -0.342 e. The van der Waals surface area contributed by atoms with Crippen molar-refractivity contribution in [3.8, 4) is 0 Å². The van der Waals surface area contributed by atoms with Gasteiger partial charge in [0.25, 0.3) is 0 Å². The summed E-state index contributed by atoms with van der Waals surface area (Å²) in [4.78, 5) is 13.4. The molecular weight excluding hydrogens is 208 g/mol. The van der Waals surface area contributed by atoms with Gasteiger partial charge in [0, 0.05) is 24.9 Å². The van der Waals surface area contributed by atoms with Crippen LogP contribution in [0.2, 0.25) is 0 Å². The largest absolute Gasteiger partial charge is 0.342 e. The predicted molar refractivity (Wildman–Crippen MR) is 68.4 cm³/mol. The minimum absolute atomic E-state index is 0.165. The van der Waals surface area contributed by atoms with Crippen LogP contribution in [-0.4, -0.2) is 48.0 Å². The first kappa shape index (κ1) is 14.8. The molecule has 0 aliphatic rings. The number of hydrogen-bond donors (Lipinski definition) is 1. The Morgan fingerprint density at radius 1 is 1.40 bits per heavy atom. The molecule has 0 rings (SSSR count). The van der Waals surface area contributed by atoms with Crippen LogP contribution in [0.3, 0.4) is 0 Å². The predicted octanol–water partition coefficient (Wildman–Crippen LogP) is 1.58. The normalized spacial score (nSPS) is 12.9. The molecule has 0 aromatic carbocycles. The lowest BCUT2D eigenvalue weighted by Gasteiger charge is -2.22. The van der Waals surface area contributed by atoms with E-state index in [9.17, 15) is 4.79 Å². The smallest absolute Gasteiger partial charge is 0.236 e. The molecule has 0 radical (unpaired) electrons. The van der Waals surface area contributed by atoms with Crippen molar-refractivity contribution in [2.45, 2.75) is 39.8 Å². The average molecular weight is 232 g/mol. The van der Waals surface area contributed by atoms with Crippen molar-refractivity contribution >= 4 is 17.7 Å². The van der Waals surface area contributed by atoms with Gasteiger partial charge in [-0.15, -0.1) is 0 Å². The molecule has 1 unspecified atom stereocenters. The van der Waals surface area contributed by atoms with Gasteiger partial charge >= 0.3 is 0 Å². The summed E-state index contributed by atoms with van der Waals surface area (Å²) in [7, 11) is 1.85. The Morgan fingerprint density at radius 2 is 2.00 bits per heavy atom. The van der Waals surface area contributed by atoms with E-state index in [1.807, 2.05) is 32.7 Å². The van der Waals surface area contributed by atoms with Crippen molar-refractivity contribution in [1.82, 2.24) is 10.2 Å². The second-order valence-electron chi connectivity index (χ2n) is 4.04. The summed E-state index contributed by atoms with van der Waals surface area (Å²) in [5, 5.41) is 3.24. The first-order valence-corrected chi connectivity index (χ1v) is 6.71. The zero-order valence-corrected chi connectivity index (χ0v) is 11.4. The quantitative estimate of drug-likeness (QED) is 0.723. The summed E-state index contributed by atoms with van der Waals surface area (Å²) in [5.74, 6) is 2.36. The molecule has 3 nitrogen and oxygen atoms in total. The van der Waals surface area contributed by atoms with Gasteiger partial charge in [0.1, 0.15) is 0 Å². The number of amides is 1. The summed E-state index contributed by atoms with van der Waals surface area (Å²) in [6.07, 6.45) is 0. The highest BCUT2D eigenvalue weighted by molar-refractivity contribution is 7.99. The average Bonchev–Trinajstić information content (AvgIpc) is 2.21. The van der Waals surface area contributed by atoms with Gasteiger partial charge in [0.2, 0.25) is 5.91 Å². The summed E-state index contributed by atoms with van der Waals surface area (Å²) in [6, 6.07) is 0.680. The lowest BCUT2D eigenvalue weighted by atomic mass is 10.3. The third kappa shape index (κ3) is 6.79. The molecule has 0 aromatic heterocycles. The molecule has 0 aromatic rings. The summed E-state index contributed by atoms with van der Waals surface area (Å²) >= 11 is 1.90. The molecule has 1 atom stereocenters. The maximum Gasteiger partial charge on any atom is 0.236 e. The van der Waals surface area contributed by atoms with Gasteiger partial charge in [-0.05, 0) is 26.5 Å². The van der Waals surface area contributed by atoms with Crippen LogP contribution in [0.5, 0.6) is 0 Å². The fourth-order valence-corrected chi connectivity index (χ4v) is 1.73. The molecule has 0 bridgehead atoms. The van der Waals surface area contributed by atoms with Gasteiger partial charge in [-0.25, -0.2) is 0 Å². The molecule has 0 aliphatic carbocycles. The van der Waals surface area contributed by atoms with Crippen molar-refractivity contribution in [2.24, 2.45) is 0 Å². The Labute approximate surface area is 98.0 Å². The van der Waals surface area contributed by atoms with Crippen molar-refractivity contribution < 1.29 is 4.79 Å². The fraction of sp³-hybridized carbons (Fsp3) is 0.909. The Bertz CT molecular complexity index is 185. The summed E-state index contributed by atoms with van der Waals surface area (Å²) in [6.45, 7) is 8.75. The van der Waals surface area contributed by atoms with E-state index in [0.29, 0.717) is 12.6 Å². The van der Waals surface area contributed by atoms with Crippen LogP contribution in [-0.2, 0) is 4.79 Å². The van der Waals surface area contributed by atoms with E-state index in [-0.39, 0.29) is 11.9 Å². The molecule has 0 fully saturated rings. The molecule has 0 spiro atoms. The molecule has 0 saturated carbocycles. The van der Waals surface area contributed by atoms with Gasteiger partial charge in [-0.2, -0.15) is 11.8 Å². The van der Waals surface area contributed by atoms with E-state index in [1.54, 1.807) is 4.90 Å². The van der Waals surface area contributed by atoms with Crippen LogP contribution in [0.1, 0.15) is 27.7 Å². The van der Waals surface area contributed by atoms with E-state index in [0.717, 1.165) is 11.5 Å². The topological polar surface area (TPSA) is 32.3 Å². The van der Waals surface area contributed by atoms with Crippen molar-refractivity contribution in [3.05, 3.63) is 0 Å². The third-order valence-corrected chi connectivity index (χ3v) is 3.49. The molecule has 15 heavy (non-hydrogen) atoms. The number of nitrogens with one attached hydrogen (secondary N) is 1. The van der Waals surface area contributed by atoms with Gasteiger partial charge in [-0.3, -0.25) is 4.79 Å². The van der Waals surface area contributed by atoms with E-state index in [1.165, 1.54) is 0 Å². The number of hydrogen-bond acceptors (Lipinski definition) is 3. The number of carbonyl (C=O) groups excluding carboxylic acids is 1. The lowest BCUT2D eigenvalue weighted by Crippen LogP contribution is -2.42. The lowest BCUT2D eigenvalue weighted by molar-refractivity contribution is -0.130. The molecule has 4 heteroatoms. The molecule has 0 heterocycles. The molecule has 0 aliphatic heterocycles. The second kappa shape index (κ2) is 7.99. The van der Waals surface area contributed by atoms with Crippen LogP contribution in [0.25, 0.3) is 0 Å². The van der Waals surface area contributed by atoms with E-state index in [4.69, 9.17) is 0 Å². The molecule has 90 valence electrons. The van der Waals surface area contributed by atoms with Gasteiger partial charge < -0.3 is 10.2 Å². The summed E-state index contributed by atoms with van der Waals surface area (Å²) < 4.78 is 0. The highest BCUT2D eigenvalue weighted by Crippen LogP contribution is 2.01. The Hall–Kier alpha value is -0.220. The van der Waals surface area contributed by atoms with E-state index < -0.39 is 0 Å². The van der Waals surface area contributed by atoms with Gasteiger partial charge in [0.05, 0.1) is 6.54 Å². The minimum atomic E-state index is 0.165. The zero-order valence-electron chi connectivity index (χ0n) is 10.5. The van der Waals surface area contributed by atoms with E-state index >= 15 is 0 Å². The monoisotopic (exact) mass is 232 g/mol. The number of carbonyl (C=O) groups is 1. The van der Waals surface area contributed by atoms with Crippen LogP contribution in [0.4, 0.5) is 0 Å². The number of thioether (sulfide) groups is 1. The SMILES string of the molecule is CCSCC(C)NCC(=O)N(C)C(C)C. The van der Waals surface area contributed by atoms with Crippen LogP contribution < -0.4 is 5.32 Å². The van der Waals surface area contributed by atoms with Crippen LogP contribution >= 0.6 is 11.8 Å². The Balaban J connectivity index is 3.70. The first-order chi connectivity index (χ1) is 6.99. The molecule has 0 saturated heterocycles. The van der Waals surface area contributed by atoms with Crippen LogP contribution in [0.15, 0.2) is 0 Å². The fourth-order valence-electron chi connectivity index (χ4n) is 1.03. The third-order valence-electron chi connectivity index (χ3n) is 2.34. The maximum absolute atomic E-state index is 11.6. The molecule has 1 amide bonds. The van der Waals surface area contributed by atoms with Crippen LogP contribution in [0, 0.1) is 0 Å². The van der Waals surface area contributed by atoms with E-state index in [2.05, 4.69) is 19.2 Å². The van der Waals surface area contributed by atoms with Gasteiger partial charge in [-0.1, -0.05) is 6.92 Å². The second-order valence-corrected chi connectivity index (χ2v) is 5.36. The zero-order chi connectivity index (χ0) is 11.8. The molecular formula is C11H24N2OS. The number of likely N-dealkylation sites (N-methyl/N-ethyl adjacent to an activating group) is 1. The Morgan fingerprint density at radius 3 is 2.47 bits per heavy atom. The standard InChI is InChI=1S/C11H24N2OS/c1-6-15-8-10(4)12-7-11(14)13(5)9(2)3/h9-10,12H,6-8H2,1-5H3. The first-order valence-electron chi connectivity index (χ1n) is 5.55. The molecule has 1 N–H and O–H groups in total. The van der Waals surface area contributed by atoms with Gasteiger partial charge in [0.15, 0.2) is 0 Å². The highest BCUT2D eigenvalue weighted by atomic mass is 32.2.